The van der Waals surface area contributed by atoms with Crippen molar-refractivity contribution in [2.75, 3.05) is 31.9 Å². The molecule has 1 aromatic heterocycles. The largest absolute Gasteiger partial charge is 0.494 e. The van der Waals surface area contributed by atoms with E-state index in [1.54, 1.807) is 14.2 Å². The maximum atomic E-state index is 12.6. The molecule has 0 aliphatic rings. The summed E-state index contributed by atoms with van der Waals surface area (Å²) in [5, 5.41) is 12.3. The van der Waals surface area contributed by atoms with Crippen LogP contribution in [0.5, 0.6) is 17.2 Å². The molecule has 0 saturated heterocycles. The van der Waals surface area contributed by atoms with Crippen LogP contribution in [0.4, 0.5) is 5.69 Å². The molecule has 0 unspecified atom stereocenters. The first-order chi connectivity index (χ1) is 17.1. The molecule has 35 heavy (non-hydrogen) atoms. The molecule has 1 amide bonds. The van der Waals surface area contributed by atoms with Gasteiger partial charge in [-0.2, -0.15) is 0 Å². The average Bonchev–Trinajstić information content (AvgIpc) is 3.33. The van der Waals surface area contributed by atoms with Crippen molar-refractivity contribution in [3.8, 4) is 34.3 Å². The fourth-order valence-electron chi connectivity index (χ4n) is 3.46. The minimum Gasteiger partial charge on any atom is -0.494 e. The standard InChI is InChI=1S/C26H26N4O4S/c1-4-34-21-13-11-19(12-14-21)27-24(31)17-35-26-29-28-25(30(26)20-8-6-5-7-9-20)18-10-15-22(32-2)23(16-18)33-3/h5-16H,4,17H2,1-3H3,(H,27,31). The number of methoxy groups -OCH3 is 2. The number of anilines is 1. The van der Waals surface area contributed by atoms with Gasteiger partial charge >= 0.3 is 0 Å². The Morgan fingerprint density at radius 3 is 2.37 bits per heavy atom. The summed E-state index contributed by atoms with van der Waals surface area (Å²) in [6.07, 6.45) is 0. The number of hydrogen-bond donors (Lipinski definition) is 1. The monoisotopic (exact) mass is 490 g/mol. The third-order valence-corrected chi connectivity index (χ3v) is 6.00. The van der Waals surface area contributed by atoms with Crippen LogP contribution in [-0.4, -0.2) is 47.3 Å². The van der Waals surface area contributed by atoms with E-state index in [1.165, 1.54) is 11.8 Å². The minimum atomic E-state index is -0.144. The van der Waals surface area contributed by atoms with Crippen molar-refractivity contribution in [3.05, 3.63) is 72.8 Å². The van der Waals surface area contributed by atoms with Gasteiger partial charge in [0.15, 0.2) is 22.5 Å². The van der Waals surface area contributed by atoms with Crippen LogP contribution in [0.25, 0.3) is 17.1 Å². The smallest absolute Gasteiger partial charge is 0.234 e. The maximum absolute atomic E-state index is 12.6. The molecular formula is C26H26N4O4S. The second-order valence-corrected chi connectivity index (χ2v) is 8.28. The van der Waals surface area contributed by atoms with Crippen molar-refractivity contribution in [1.82, 2.24) is 14.8 Å². The molecule has 180 valence electrons. The molecule has 4 rings (SSSR count). The van der Waals surface area contributed by atoms with E-state index in [4.69, 9.17) is 14.2 Å². The van der Waals surface area contributed by atoms with Crippen molar-refractivity contribution < 1.29 is 19.0 Å². The predicted molar refractivity (Wildman–Crippen MR) is 137 cm³/mol. The highest BCUT2D eigenvalue weighted by Crippen LogP contribution is 2.34. The van der Waals surface area contributed by atoms with Crippen LogP contribution < -0.4 is 19.5 Å². The first-order valence-corrected chi connectivity index (χ1v) is 12.0. The molecule has 0 radical (unpaired) electrons. The van der Waals surface area contributed by atoms with Crippen LogP contribution in [0, 0.1) is 0 Å². The zero-order chi connectivity index (χ0) is 24.6. The predicted octanol–water partition coefficient (Wildman–Crippen LogP) is 5.08. The number of thioether (sulfide) groups is 1. The van der Waals surface area contributed by atoms with E-state index in [2.05, 4.69) is 15.5 Å². The van der Waals surface area contributed by atoms with E-state index in [-0.39, 0.29) is 11.7 Å². The number of benzene rings is 3. The lowest BCUT2D eigenvalue weighted by molar-refractivity contribution is -0.113. The third-order valence-electron chi connectivity index (χ3n) is 5.07. The average molecular weight is 491 g/mol. The second kappa shape index (κ2) is 11.4. The molecule has 4 aromatic rings. The van der Waals surface area contributed by atoms with E-state index < -0.39 is 0 Å². The molecule has 0 spiro atoms. The lowest BCUT2D eigenvalue weighted by atomic mass is 10.2. The van der Waals surface area contributed by atoms with Crippen molar-refractivity contribution in [3.63, 3.8) is 0 Å². The summed E-state index contributed by atoms with van der Waals surface area (Å²) in [5.41, 5.74) is 2.40. The van der Waals surface area contributed by atoms with Crippen LogP contribution in [0.3, 0.4) is 0 Å². The summed E-state index contributed by atoms with van der Waals surface area (Å²) >= 11 is 1.31. The summed E-state index contributed by atoms with van der Waals surface area (Å²) in [4.78, 5) is 12.6. The Labute approximate surface area is 208 Å². The molecule has 1 heterocycles. The van der Waals surface area contributed by atoms with Gasteiger partial charge in [-0.1, -0.05) is 30.0 Å². The number of ether oxygens (including phenoxy) is 3. The molecule has 0 fully saturated rings. The molecule has 0 aliphatic carbocycles. The van der Waals surface area contributed by atoms with Crippen LogP contribution in [-0.2, 0) is 4.79 Å². The van der Waals surface area contributed by atoms with Crippen LogP contribution in [0.15, 0.2) is 78.0 Å². The molecule has 8 nitrogen and oxygen atoms in total. The summed E-state index contributed by atoms with van der Waals surface area (Å²) in [7, 11) is 3.19. The molecule has 0 saturated carbocycles. The summed E-state index contributed by atoms with van der Waals surface area (Å²) in [6, 6.07) is 22.6. The Bertz CT molecular complexity index is 1280. The van der Waals surface area contributed by atoms with E-state index in [0.717, 1.165) is 17.0 Å². The Hall–Kier alpha value is -3.98. The molecule has 9 heteroatoms. The zero-order valence-corrected chi connectivity index (χ0v) is 20.5. The Kier molecular flexibility index (Phi) is 7.89. The van der Waals surface area contributed by atoms with Gasteiger partial charge in [-0.05, 0) is 61.5 Å². The molecule has 1 N–H and O–H groups in total. The number of nitrogens with one attached hydrogen (secondary N) is 1. The van der Waals surface area contributed by atoms with E-state index >= 15 is 0 Å². The van der Waals surface area contributed by atoms with Crippen molar-refractivity contribution in [1.29, 1.82) is 0 Å². The number of carbonyl (C=O) groups is 1. The maximum Gasteiger partial charge on any atom is 0.234 e. The Balaban J connectivity index is 1.56. The van der Waals surface area contributed by atoms with Crippen molar-refractivity contribution >= 4 is 23.4 Å². The highest BCUT2D eigenvalue weighted by atomic mass is 32.2. The number of aromatic nitrogens is 3. The van der Waals surface area contributed by atoms with Gasteiger partial charge in [0, 0.05) is 16.9 Å². The lowest BCUT2D eigenvalue weighted by Crippen LogP contribution is -2.14. The van der Waals surface area contributed by atoms with Gasteiger partial charge < -0.3 is 19.5 Å². The van der Waals surface area contributed by atoms with Crippen LogP contribution >= 0.6 is 11.8 Å². The Morgan fingerprint density at radius 2 is 1.69 bits per heavy atom. The quantitative estimate of drug-likeness (QED) is 0.310. The molecular weight excluding hydrogens is 464 g/mol. The van der Waals surface area contributed by atoms with E-state index in [0.29, 0.717) is 34.8 Å². The van der Waals surface area contributed by atoms with Gasteiger partial charge in [-0.25, -0.2) is 0 Å². The van der Waals surface area contributed by atoms with E-state index in [1.807, 2.05) is 84.3 Å². The number of para-hydroxylation sites is 1. The highest BCUT2D eigenvalue weighted by Gasteiger charge is 2.19. The van der Waals surface area contributed by atoms with Gasteiger partial charge in [0.1, 0.15) is 5.75 Å². The zero-order valence-electron chi connectivity index (χ0n) is 19.7. The second-order valence-electron chi connectivity index (χ2n) is 7.34. The van der Waals surface area contributed by atoms with Crippen LogP contribution in [0.1, 0.15) is 6.92 Å². The van der Waals surface area contributed by atoms with Crippen molar-refractivity contribution in [2.24, 2.45) is 0 Å². The van der Waals surface area contributed by atoms with Gasteiger partial charge in [-0.3, -0.25) is 9.36 Å². The molecule has 3 aromatic carbocycles. The normalized spacial score (nSPS) is 10.6. The van der Waals surface area contributed by atoms with E-state index in [9.17, 15) is 4.79 Å². The first kappa shape index (κ1) is 24.2. The summed E-state index contributed by atoms with van der Waals surface area (Å²) < 4.78 is 18.2. The molecule has 0 atom stereocenters. The third kappa shape index (κ3) is 5.75. The Morgan fingerprint density at radius 1 is 0.943 bits per heavy atom. The number of carbonyl (C=O) groups excluding carboxylic acids is 1. The summed E-state index contributed by atoms with van der Waals surface area (Å²) in [6.45, 7) is 2.52. The number of rotatable bonds is 10. The fourth-order valence-corrected chi connectivity index (χ4v) is 4.22. The number of nitrogens with zero attached hydrogens (tertiary/aromatic N) is 3. The van der Waals surface area contributed by atoms with Gasteiger partial charge in [0.2, 0.25) is 5.91 Å². The first-order valence-electron chi connectivity index (χ1n) is 11.0. The fraction of sp³-hybridized carbons (Fsp3) is 0.192. The van der Waals surface area contributed by atoms with Gasteiger partial charge in [0.25, 0.3) is 0 Å². The lowest BCUT2D eigenvalue weighted by Gasteiger charge is -2.12. The van der Waals surface area contributed by atoms with Crippen LogP contribution in [0.2, 0.25) is 0 Å². The number of amides is 1. The number of hydrogen-bond acceptors (Lipinski definition) is 7. The molecule has 0 aliphatic heterocycles. The topological polar surface area (TPSA) is 87.5 Å². The van der Waals surface area contributed by atoms with Gasteiger partial charge in [-0.15, -0.1) is 10.2 Å². The minimum absolute atomic E-state index is 0.144. The summed E-state index contributed by atoms with van der Waals surface area (Å²) in [5.74, 6) is 2.64. The SMILES string of the molecule is CCOc1ccc(NC(=O)CSc2nnc(-c3ccc(OC)c(OC)c3)n2-c2ccccc2)cc1. The molecule has 0 bridgehead atoms. The highest BCUT2D eigenvalue weighted by molar-refractivity contribution is 7.99. The van der Waals surface area contributed by atoms with Crippen molar-refractivity contribution in [2.45, 2.75) is 12.1 Å². The van der Waals surface area contributed by atoms with Gasteiger partial charge in [0.05, 0.1) is 26.6 Å².